The van der Waals surface area contributed by atoms with Crippen molar-refractivity contribution in [2.75, 3.05) is 25.2 Å². The SMILES string of the molecule is CSCCC(NC(=O)C(C)N)C(=O)NC(CO)C(=O)NC(CCCCN)C(=O)O. The lowest BCUT2D eigenvalue weighted by Crippen LogP contribution is -2.58. The molecule has 0 aliphatic carbocycles. The van der Waals surface area contributed by atoms with Crippen LogP contribution in [0.3, 0.4) is 0 Å². The summed E-state index contributed by atoms with van der Waals surface area (Å²) in [6, 6.07) is -4.28. The molecule has 0 rings (SSSR count). The van der Waals surface area contributed by atoms with E-state index in [1.54, 1.807) is 0 Å². The molecule has 0 fully saturated rings. The first-order valence-electron chi connectivity index (χ1n) is 9.37. The van der Waals surface area contributed by atoms with E-state index in [9.17, 15) is 29.4 Å². The minimum Gasteiger partial charge on any atom is -0.480 e. The highest BCUT2D eigenvalue weighted by Crippen LogP contribution is 2.04. The second kappa shape index (κ2) is 15.0. The van der Waals surface area contributed by atoms with E-state index >= 15 is 0 Å². The second-order valence-corrected chi connectivity index (χ2v) is 7.54. The van der Waals surface area contributed by atoms with Crippen molar-refractivity contribution in [2.24, 2.45) is 11.5 Å². The average molecular weight is 436 g/mol. The minimum atomic E-state index is -1.36. The molecule has 0 saturated heterocycles. The zero-order valence-electron chi connectivity index (χ0n) is 16.8. The molecule has 12 heteroatoms. The molecule has 168 valence electrons. The number of nitrogens with one attached hydrogen (secondary N) is 3. The summed E-state index contributed by atoms with van der Waals surface area (Å²) in [4.78, 5) is 48.0. The van der Waals surface area contributed by atoms with Crippen LogP contribution in [0.4, 0.5) is 0 Å². The maximum absolute atomic E-state index is 12.5. The van der Waals surface area contributed by atoms with Crippen molar-refractivity contribution in [3.63, 3.8) is 0 Å². The van der Waals surface area contributed by atoms with E-state index in [4.69, 9.17) is 11.5 Å². The Hall–Kier alpha value is -1.89. The van der Waals surface area contributed by atoms with Gasteiger partial charge in [-0.1, -0.05) is 0 Å². The topological polar surface area (TPSA) is 197 Å². The van der Waals surface area contributed by atoms with Gasteiger partial charge in [-0.15, -0.1) is 0 Å². The molecule has 0 aliphatic rings. The predicted octanol–water partition coefficient (Wildman–Crippen LogP) is -2.25. The number of rotatable bonds is 15. The summed E-state index contributed by atoms with van der Waals surface area (Å²) in [6.45, 7) is 1.14. The molecular formula is C17H33N5O6S. The van der Waals surface area contributed by atoms with E-state index in [0.717, 1.165) is 0 Å². The van der Waals surface area contributed by atoms with Gasteiger partial charge in [0.25, 0.3) is 0 Å². The van der Waals surface area contributed by atoms with Gasteiger partial charge < -0.3 is 37.6 Å². The lowest BCUT2D eigenvalue weighted by molar-refractivity contribution is -0.142. The average Bonchev–Trinajstić information content (AvgIpc) is 2.67. The van der Waals surface area contributed by atoms with Crippen molar-refractivity contribution in [3.8, 4) is 0 Å². The number of carboxylic acid groups (broad SMARTS) is 1. The van der Waals surface area contributed by atoms with Crippen LogP contribution in [0.1, 0.15) is 32.6 Å². The number of unbranched alkanes of at least 4 members (excludes halogenated alkanes) is 1. The number of hydrogen-bond acceptors (Lipinski definition) is 8. The molecule has 29 heavy (non-hydrogen) atoms. The summed E-state index contributed by atoms with van der Waals surface area (Å²) < 4.78 is 0. The van der Waals surface area contributed by atoms with E-state index in [-0.39, 0.29) is 6.42 Å². The number of aliphatic carboxylic acids is 1. The third-order valence-corrected chi connectivity index (χ3v) is 4.68. The number of thioether (sulfide) groups is 1. The van der Waals surface area contributed by atoms with Crippen LogP contribution in [0.25, 0.3) is 0 Å². The summed E-state index contributed by atoms with van der Waals surface area (Å²) >= 11 is 1.47. The highest BCUT2D eigenvalue weighted by atomic mass is 32.2. The fourth-order valence-corrected chi connectivity index (χ4v) is 2.77. The first-order valence-corrected chi connectivity index (χ1v) is 10.8. The molecule has 0 spiro atoms. The van der Waals surface area contributed by atoms with Crippen LogP contribution in [0.5, 0.6) is 0 Å². The Morgan fingerprint density at radius 2 is 1.48 bits per heavy atom. The number of carbonyl (C=O) groups is 4. The summed E-state index contributed by atoms with van der Waals surface area (Å²) in [5.41, 5.74) is 10.9. The molecule has 0 aromatic carbocycles. The molecule has 4 unspecified atom stereocenters. The van der Waals surface area contributed by atoms with Crippen molar-refractivity contribution >= 4 is 35.5 Å². The molecule has 3 amide bonds. The smallest absolute Gasteiger partial charge is 0.326 e. The van der Waals surface area contributed by atoms with Gasteiger partial charge >= 0.3 is 5.97 Å². The van der Waals surface area contributed by atoms with Gasteiger partial charge in [-0.2, -0.15) is 11.8 Å². The van der Waals surface area contributed by atoms with Gasteiger partial charge in [0.05, 0.1) is 12.6 Å². The van der Waals surface area contributed by atoms with Crippen molar-refractivity contribution in [3.05, 3.63) is 0 Å². The van der Waals surface area contributed by atoms with E-state index in [1.807, 2.05) is 6.26 Å². The van der Waals surface area contributed by atoms with Gasteiger partial charge in [0, 0.05) is 0 Å². The fraction of sp³-hybridized carbons (Fsp3) is 0.765. The van der Waals surface area contributed by atoms with Gasteiger partial charge in [0.1, 0.15) is 18.1 Å². The standard InChI is InChI=1S/C17H33N5O6S/c1-10(19)14(24)20-11(6-8-29-2)15(25)22-13(9-23)16(26)21-12(17(27)28)5-3-4-7-18/h10-13,23H,3-9,18-19H2,1-2H3,(H,20,24)(H,21,26)(H,22,25)(H,27,28). The van der Waals surface area contributed by atoms with Crippen LogP contribution in [0.15, 0.2) is 0 Å². The Labute approximate surface area is 174 Å². The molecule has 0 radical (unpaired) electrons. The van der Waals surface area contributed by atoms with E-state index < -0.39 is 54.5 Å². The van der Waals surface area contributed by atoms with Crippen molar-refractivity contribution in [1.82, 2.24) is 16.0 Å². The lowest BCUT2D eigenvalue weighted by Gasteiger charge is -2.24. The number of aliphatic hydroxyl groups is 1. The Kier molecular flexibility index (Phi) is 14.0. The van der Waals surface area contributed by atoms with Crippen LogP contribution < -0.4 is 27.4 Å². The molecule has 11 nitrogen and oxygen atoms in total. The highest BCUT2D eigenvalue weighted by Gasteiger charge is 2.29. The van der Waals surface area contributed by atoms with Crippen LogP contribution >= 0.6 is 11.8 Å². The Bertz CT molecular complexity index is 548. The molecule has 0 bridgehead atoms. The number of aliphatic hydroxyl groups excluding tert-OH is 1. The molecule has 0 aromatic heterocycles. The second-order valence-electron chi connectivity index (χ2n) is 6.56. The Morgan fingerprint density at radius 3 is 1.97 bits per heavy atom. The predicted molar refractivity (Wildman–Crippen MR) is 110 cm³/mol. The van der Waals surface area contributed by atoms with Crippen molar-refractivity contribution in [1.29, 1.82) is 0 Å². The van der Waals surface area contributed by atoms with Crippen LogP contribution in [0.2, 0.25) is 0 Å². The zero-order chi connectivity index (χ0) is 22.4. The maximum atomic E-state index is 12.5. The van der Waals surface area contributed by atoms with Crippen LogP contribution in [-0.2, 0) is 19.2 Å². The first kappa shape index (κ1) is 27.1. The molecule has 0 heterocycles. The van der Waals surface area contributed by atoms with Gasteiger partial charge in [-0.05, 0) is 51.2 Å². The van der Waals surface area contributed by atoms with Gasteiger partial charge in [0.2, 0.25) is 17.7 Å². The molecule has 9 N–H and O–H groups in total. The number of nitrogens with two attached hydrogens (primary N) is 2. The maximum Gasteiger partial charge on any atom is 0.326 e. The normalized spacial score (nSPS) is 14.9. The Balaban J connectivity index is 5.02. The number of hydrogen-bond donors (Lipinski definition) is 7. The van der Waals surface area contributed by atoms with Gasteiger partial charge in [0.15, 0.2) is 0 Å². The minimum absolute atomic E-state index is 0.172. The van der Waals surface area contributed by atoms with Crippen molar-refractivity contribution < 1.29 is 29.4 Å². The van der Waals surface area contributed by atoms with E-state index in [1.165, 1.54) is 18.7 Å². The summed E-state index contributed by atoms with van der Waals surface area (Å²) in [6.07, 6.45) is 3.41. The number of carboxylic acids is 1. The zero-order valence-corrected chi connectivity index (χ0v) is 17.7. The first-order chi connectivity index (χ1) is 13.7. The van der Waals surface area contributed by atoms with Gasteiger partial charge in [-0.3, -0.25) is 14.4 Å². The summed E-state index contributed by atoms with van der Waals surface area (Å²) in [5, 5.41) is 25.9. The lowest BCUT2D eigenvalue weighted by atomic mass is 10.1. The fourth-order valence-electron chi connectivity index (χ4n) is 2.30. The molecule has 4 atom stereocenters. The third-order valence-electron chi connectivity index (χ3n) is 4.03. The monoisotopic (exact) mass is 435 g/mol. The van der Waals surface area contributed by atoms with Crippen LogP contribution in [-0.4, -0.2) is 83.2 Å². The number of amides is 3. The molecule has 0 saturated carbocycles. The number of carbonyl (C=O) groups excluding carboxylic acids is 3. The summed E-state index contributed by atoms with van der Waals surface area (Å²) in [5.74, 6) is -2.68. The third kappa shape index (κ3) is 11.0. The Morgan fingerprint density at radius 1 is 0.931 bits per heavy atom. The van der Waals surface area contributed by atoms with E-state index in [2.05, 4.69) is 16.0 Å². The van der Waals surface area contributed by atoms with Crippen molar-refractivity contribution in [2.45, 2.75) is 56.8 Å². The molecular weight excluding hydrogens is 402 g/mol. The van der Waals surface area contributed by atoms with Crippen LogP contribution in [0, 0.1) is 0 Å². The van der Waals surface area contributed by atoms with Gasteiger partial charge in [-0.25, -0.2) is 4.79 Å². The quantitative estimate of drug-likeness (QED) is 0.139. The molecule has 0 aromatic rings. The molecule has 0 aliphatic heterocycles. The highest BCUT2D eigenvalue weighted by molar-refractivity contribution is 7.98. The summed E-state index contributed by atoms with van der Waals surface area (Å²) in [7, 11) is 0. The largest absolute Gasteiger partial charge is 0.480 e. The van der Waals surface area contributed by atoms with E-state index in [0.29, 0.717) is 31.6 Å².